The van der Waals surface area contributed by atoms with E-state index in [0.29, 0.717) is 31.2 Å². The number of amides is 1. The largest absolute Gasteiger partial charge is 0.383 e. The van der Waals surface area contributed by atoms with E-state index in [4.69, 9.17) is 4.74 Å². The summed E-state index contributed by atoms with van der Waals surface area (Å²) >= 11 is 0. The van der Waals surface area contributed by atoms with E-state index in [1.54, 1.807) is 21.2 Å². The number of carbonyl (C=O) groups excluding carboxylic acids is 1. The van der Waals surface area contributed by atoms with Gasteiger partial charge in [0.15, 0.2) is 5.96 Å². The number of methoxy groups -OCH3 is 1. The van der Waals surface area contributed by atoms with Gasteiger partial charge in [0, 0.05) is 52.9 Å². The fourth-order valence-corrected chi connectivity index (χ4v) is 2.15. The number of halogens is 1. The number of likely N-dealkylation sites (N-methyl/N-ethyl adjacent to an activating group) is 1. The molecule has 0 fully saturated rings. The number of nitrogens with one attached hydrogen (secondary N) is 2. The summed E-state index contributed by atoms with van der Waals surface area (Å²) in [5.41, 5.74) is 0. The third-order valence-electron chi connectivity index (χ3n) is 3.46. The van der Waals surface area contributed by atoms with Gasteiger partial charge >= 0.3 is 0 Å². The molecule has 1 amide bonds. The van der Waals surface area contributed by atoms with Gasteiger partial charge in [-0.2, -0.15) is 0 Å². The molecule has 144 valence electrons. The van der Waals surface area contributed by atoms with E-state index in [0.717, 1.165) is 13.1 Å². The van der Waals surface area contributed by atoms with Crippen LogP contribution in [0.3, 0.4) is 0 Å². The molecule has 24 heavy (non-hydrogen) atoms. The summed E-state index contributed by atoms with van der Waals surface area (Å²) < 4.78 is 5.03. The smallest absolute Gasteiger partial charge is 0.243 e. The van der Waals surface area contributed by atoms with E-state index in [2.05, 4.69) is 48.2 Å². The van der Waals surface area contributed by atoms with Crippen molar-refractivity contribution in [1.82, 2.24) is 20.4 Å². The van der Waals surface area contributed by atoms with Crippen molar-refractivity contribution < 1.29 is 9.53 Å². The molecule has 7 nitrogen and oxygen atoms in total. The molecule has 8 heteroatoms. The first kappa shape index (κ1) is 25.6. The summed E-state index contributed by atoms with van der Waals surface area (Å²) in [7, 11) is 5.11. The van der Waals surface area contributed by atoms with Crippen LogP contribution in [-0.4, -0.2) is 87.7 Å². The van der Waals surface area contributed by atoms with Gasteiger partial charge in [0.25, 0.3) is 0 Å². The predicted molar refractivity (Wildman–Crippen MR) is 111 cm³/mol. The lowest BCUT2D eigenvalue weighted by Gasteiger charge is -2.30. The first-order valence-electron chi connectivity index (χ1n) is 8.26. The first-order valence-corrected chi connectivity index (χ1v) is 8.26. The van der Waals surface area contributed by atoms with Crippen molar-refractivity contribution in [1.29, 1.82) is 0 Å². The van der Waals surface area contributed by atoms with Gasteiger partial charge in [-0.1, -0.05) is 0 Å². The molecule has 2 N–H and O–H groups in total. The van der Waals surface area contributed by atoms with Crippen molar-refractivity contribution in [2.24, 2.45) is 4.99 Å². The standard InChI is InChI=1S/C16H35N5O2.HI/c1-13(2)21(14(3)4)10-8-17-16(18-9-11-23-7)19-12-15(22)20(5)6;/h13-14H,8-12H2,1-7H3,(H2,17,18,19);1H. The summed E-state index contributed by atoms with van der Waals surface area (Å²) in [6.45, 7) is 11.8. The molecule has 0 atom stereocenters. The molecule has 0 saturated carbocycles. The highest BCUT2D eigenvalue weighted by atomic mass is 127. The number of guanidine groups is 1. The molecule has 0 radical (unpaired) electrons. The number of hydrogen-bond acceptors (Lipinski definition) is 4. The lowest BCUT2D eigenvalue weighted by Crippen LogP contribution is -2.46. The summed E-state index contributed by atoms with van der Waals surface area (Å²) in [6.07, 6.45) is 0. The third kappa shape index (κ3) is 11.9. The molecule has 0 aliphatic heterocycles. The van der Waals surface area contributed by atoms with E-state index in [1.165, 1.54) is 4.90 Å². The van der Waals surface area contributed by atoms with Crippen LogP contribution in [0.1, 0.15) is 27.7 Å². The monoisotopic (exact) mass is 457 g/mol. The fourth-order valence-electron chi connectivity index (χ4n) is 2.15. The molecular weight excluding hydrogens is 421 g/mol. The van der Waals surface area contributed by atoms with Gasteiger partial charge in [0.1, 0.15) is 6.54 Å². The van der Waals surface area contributed by atoms with Crippen LogP contribution in [0.2, 0.25) is 0 Å². The van der Waals surface area contributed by atoms with E-state index in [-0.39, 0.29) is 36.4 Å². The molecule has 0 aromatic carbocycles. The quantitative estimate of drug-likeness (QED) is 0.222. The minimum atomic E-state index is -0.0242. The third-order valence-corrected chi connectivity index (χ3v) is 3.46. The lowest BCUT2D eigenvalue weighted by atomic mass is 10.2. The average Bonchev–Trinajstić information content (AvgIpc) is 2.47. The maximum absolute atomic E-state index is 11.7. The van der Waals surface area contributed by atoms with Crippen LogP contribution in [0.4, 0.5) is 0 Å². The number of aliphatic imine (C=N–C) groups is 1. The Bertz CT molecular complexity index is 354. The molecule has 0 unspecified atom stereocenters. The second-order valence-electron chi connectivity index (χ2n) is 6.22. The van der Waals surface area contributed by atoms with E-state index in [9.17, 15) is 4.79 Å². The summed E-state index contributed by atoms with van der Waals surface area (Å²) in [6, 6.07) is 0.989. The normalized spacial score (nSPS) is 11.7. The van der Waals surface area contributed by atoms with Gasteiger partial charge in [-0.3, -0.25) is 9.69 Å². The summed E-state index contributed by atoms with van der Waals surface area (Å²) in [4.78, 5) is 19.9. The van der Waals surface area contributed by atoms with Crippen LogP contribution in [0.25, 0.3) is 0 Å². The van der Waals surface area contributed by atoms with Crippen LogP contribution in [-0.2, 0) is 9.53 Å². The topological polar surface area (TPSA) is 69.2 Å². The highest BCUT2D eigenvalue weighted by Crippen LogP contribution is 2.03. The maximum Gasteiger partial charge on any atom is 0.243 e. The molecule has 0 bridgehead atoms. The van der Waals surface area contributed by atoms with Crippen molar-refractivity contribution >= 4 is 35.8 Å². The molecule has 0 aromatic rings. The molecule has 0 rings (SSSR count). The molecule has 0 heterocycles. The molecule has 0 aromatic heterocycles. The van der Waals surface area contributed by atoms with Crippen LogP contribution in [0.15, 0.2) is 4.99 Å². The van der Waals surface area contributed by atoms with Crippen LogP contribution in [0.5, 0.6) is 0 Å². The minimum absolute atomic E-state index is 0. The molecule has 0 spiro atoms. The van der Waals surface area contributed by atoms with Gasteiger partial charge in [0.05, 0.1) is 6.61 Å². The Morgan fingerprint density at radius 1 is 1.08 bits per heavy atom. The Labute approximate surface area is 164 Å². The van der Waals surface area contributed by atoms with Crippen molar-refractivity contribution in [3.8, 4) is 0 Å². The zero-order valence-corrected chi connectivity index (χ0v) is 18.6. The second-order valence-corrected chi connectivity index (χ2v) is 6.22. The van der Waals surface area contributed by atoms with Crippen LogP contribution >= 0.6 is 24.0 Å². The van der Waals surface area contributed by atoms with E-state index >= 15 is 0 Å². The maximum atomic E-state index is 11.7. The van der Waals surface area contributed by atoms with Gasteiger partial charge in [-0.25, -0.2) is 4.99 Å². The van der Waals surface area contributed by atoms with Crippen LogP contribution in [0, 0.1) is 0 Å². The fraction of sp³-hybridized carbons (Fsp3) is 0.875. The minimum Gasteiger partial charge on any atom is -0.383 e. The van der Waals surface area contributed by atoms with Crippen LogP contribution < -0.4 is 10.6 Å². The Morgan fingerprint density at radius 2 is 1.62 bits per heavy atom. The number of carbonyl (C=O) groups is 1. The Morgan fingerprint density at radius 3 is 2.08 bits per heavy atom. The zero-order valence-electron chi connectivity index (χ0n) is 16.3. The van der Waals surface area contributed by atoms with E-state index < -0.39 is 0 Å². The lowest BCUT2D eigenvalue weighted by molar-refractivity contribution is -0.127. The average molecular weight is 457 g/mol. The van der Waals surface area contributed by atoms with Gasteiger partial charge in [-0.05, 0) is 27.7 Å². The summed E-state index contributed by atoms with van der Waals surface area (Å²) in [5, 5.41) is 6.46. The first-order chi connectivity index (χ1) is 10.8. The van der Waals surface area contributed by atoms with E-state index in [1.807, 2.05) is 0 Å². The molecular formula is C16H36IN5O2. The SMILES string of the molecule is COCCNC(=NCC(=O)N(C)C)NCCN(C(C)C)C(C)C.I. The second kappa shape index (κ2) is 14.7. The Kier molecular flexibility index (Phi) is 15.7. The highest BCUT2D eigenvalue weighted by Gasteiger charge is 2.12. The Hall–Kier alpha value is -0.610. The number of rotatable bonds is 10. The predicted octanol–water partition coefficient (Wildman–Crippen LogP) is 0.993. The molecule has 0 aliphatic rings. The summed E-state index contributed by atoms with van der Waals surface area (Å²) in [5.74, 6) is 0.619. The van der Waals surface area contributed by atoms with Gasteiger partial charge < -0.3 is 20.3 Å². The highest BCUT2D eigenvalue weighted by molar-refractivity contribution is 14.0. The zero-order chi connectivity index (χ0) is 17.8. The Balaban J connectivity index is 0. The van der Waals surface area contributed by atoms with Gasteiger partial charge in [0.2, 0.25) is 5.91 Å². The number of ether oxygens (including phenoxy) is 1. The van der Waals surface area contributed by atoms with Crippen molar-refractivity contribution in [3.63, 3.8) is 0 Å². The van der Waals surface area contributed by atoms with Gasteiger partial charge in [-0.15, -0.1) is 24.0 Å². The van der Waals surface area contributed by atoms with Crippen molar-refractivity contribution in [2.45, 2.75) is 39.8 Å². The molecule has 0 saturated heterocycles. The number of hydrogen-bond donors (Lipinski definition) is 2. The van der Waals surface area contributed by atoms with Crippen molar-refractivity contribution in [3.05, 3.63) is 0 Å². The van der Waals surface area contributed by atoms with Crippen molar-refractivity contribution in [2.75, 3.05) is 54.0 Å². The molecule has 0 aliphatic carbocycles. The number of nitrogens with zero attached hydrogens (tertiary/aromatic N) is 3.